The van der Waals surface area contributed by atoms with Crippen molar-refractivity contribution in [1.82, 2.24) is 4.90 Å². The predicted molar refractivity (Wildman–Crippen MR) is 64.2 cm³/mol. The van der Waals surface area contributed by atoms with Crippen LogP contribution in [0, 0.1) is 11.3 Å². The molecule has 0 radical (unpaired) electrons. The molecule has 17 heavy (non-hydrogen) atoms. The summed E-state index contributed by atoms with van der Waals surface area (Å²) in [4.78, 5) is 13.0. The van der Waals surface area contributed by atoms with Crippen LogP contribution in [0.4, 0.5) is 5.69 Å². The number of amides is 1. The number of nitrogen functional groups attached to an aromatic ring is 1. The van der Waals surface area contributed by atoms with Gasteiger partial charge in [-0.05, 0) is 12.1 Å². The van der Waals surface area contributed by atoms with Gasteiger partial charge in [0.15, 0.2) is 6.61 Å². The summed E-state index contributed by atoms with van der Waals surface area (Å²) in [6, 6.07) is 8.88. The van der Waals surface area contributed by atoms with E-state index in [9.17, 15) is 4.79 Å². The van der Waals surface area contributed by atoms with Crippen LogP contribution in [0.1, 0.15) is 6.42 Å². The second kappa shape index (κ2) is 6.38. The van der Waals surface area contributed by atoms with Crippen molar-refractivity contribution < 1.29 is 9.53 Å². The molecular weight excluding hydrogens is 218 g/mol. The van der Waals surface area contributed by atoms with Gasteiger partial charge in [-0.25, -0.2) is 0 Å². The molecule has 0 heterocycles. The van der Waals surface area contributed by atoms with Gasteiger partial charge in [0.2, 0.25) is 0 Å². The van der Waals surface area contributed by atoms with E-state index in [1.54, 1.807) is 31.3 Å². The van der Waals surface area contributed by atoms with E-state index in [1.165, 1.54) is 4.90 Å². The average Bonchev–Trinajstić information content (AvgIpc) is 2.33. The number of benzene rings is 1. The van der Waals surface area contributed by atoms with E-state index < -0.39 is 0 Å². The van der Waals surface area contributed by atoms with Gasteiger partial charge in [-0.1, -0.05) is 6.07 Å². The Bertz CT molecular complexity index is 426. The number of likely N-dealkylation sites (N-methyl/N-ethyl adjacent to an activating group) is 1. The molecule has 1 amide bonds. The lowest BCUT2D eigenvalue weighted by Gasteiger charge is -2.15. The summed E-state index contributed by atoms with van der Waals surface area (Å²) < 4.78 is 5.30. The van der Waals surface area contributed by atoms with Crippen LogP contribution in [-0.4, -0.2) is 31.0 Å². The highest BCUT2D eigenvalue weighted by Gasteiger charge is 2.08. The van der Waals surface area contributed by atoms with Crippen molar-refractivity contribution in [3.63, 3.8) is 0 Å². The summed E-state index contributed by atoms with van der Waals surface area (Å²) in [6.45, 7) is 0.362. The van der Waals surface area contributed by atoms with E-state index in [2.05, 4.69) is 0 Å². The van der Waals surface area contributed by atoms with Crippen LogP contribution in [-0.2, 0) is 4.79 Å². The quantitative estimate of drug-likeness (QED) is 0.770. The number of ether oxygens (including phenoxy) is 1. The third-order valence-electron chi connectivity index (χ3n) is 2.21. The summed E-state index contributed by atoms with van der Waals surface area (Å²) in [7, 11) is 1.64. The van der Waals surface area contributed by atoms with Gasteiger partial charge in [0.25, 0.3) is 5.91 Å². The van der Waals surface area contributed by atoms with Crippen LogP contribution < -0.4 is 10.5 Å². The third-order valence-corrected chi connectivity index (χ3v) is 2.21. The monoisotopic (exact) mass is 233 g/mol. The molecule has 0 bridgehead atoms. The van der Waals surface area contributed by atoms with Crippen molar-refractivity contribution in [3.05, 3.63) is 24.3 Å². The molecule has 0 spiro atoms. The largest absolute Gasteiger partial charge is 0.484 e. The van der Waals surface area contributed by atoms with Crippen LogP contribution in [0.2, 0.25) is 0 Å². The van der Waals surface area contributed by atoms with Crippen LogP contribution >= 0.6 is 0 Å². The molecule has 0 aliphatic heterocycles. The summed E-state index contributed by atoms with van der Waals surface area (Å²) in [5.74, 6) is 0.398. The summed E-state index contributed by atoms with van der Waals surface area (Å²) in [6.07, 6.45) is 0.320. The van der Waals surface area contributed by atoms with Crippen LogP contribution in [0.5, 0.6) is 5.75 Å². The molecule has 90 valence electrons. The summed E-state index contributed by atoms with van der Waals surface area (Å²) >= 11 is 0. The number of nitriles is 1. The van der Waals surface area contributed by atoms with Gasteiger partial charge in [-0.2, -0.15) is 5.26 Å². The SMILES string of the molecule is CN(CCC#N)C(=O)COc1cccc(N)c1. The number of hydrogen-bond acceptors (Lipinski definition) is 4. The minimum atomic E-state index is -0.164. The second-order valence-electron chi connectivity index (χ2n) is 3.58. The van der Waals surface area contributed by atoms with Gasteiger partial charge >= 0.3 is 0 Å². The maximum Gasteiger partial charge on any atom is 0.260 e. The molecule has 0 saturated heterocycles. The Balaban J connectivity index is 2.40. The van der Waals surface area contributed by atoms with E-state index >= 15 is 0 Å². The lowest BCUT2D eigenvalue weighted by molar-refractivity contribution is -0.131. The van der Waals surface area contributed by atoms with E-state index in [1.807, 2.05) is 6.07 Å². The van der Waals surface area contributed by atoms with E-state index in [4.69, 9.17) is 15.7 Å². The molecule has 1 rings (SSSR count). The van der Waals surface area contributed by atoms with E-state index in [-0.39, 0.29) is 12.5 Å². The normalized spacial score (nSPS) is 9.41. The first-order valence-corrected chi connectivity index (χ1v) is 5.22. The van der Waals surface area contributed by atoms with Gasteiger partial charge < -0.3 is 15.4 Å². The molecule has 1 aromatic carbocycles. The fraction of sp³-hybridized carbons (Fsp3) is 0.333. The molecule has 1 aromatic rings. The first kappa shape index (κ1) is 12.8. The van der Waals surface area contributed by atoms with Crippen molar-refractivity contribution in [3.8, 4) is 11.8 Å². The van der Waals surface area contributed by atoms with Gasteiger partial charge in [0.1, 0.15) is 5.75 Å². The highest BCUT2D eigenvalue weighted by molar-refractivity contribution is 5.77. The van der Waals surface area contributed by atoms with E-state index in [0.717, 1.165) is 0 Å². The highest BCUT2D eigenvalue weighted by Crippen LogP contribution is 2.14. The van der Waals surface area contributed by atoms with Gasteiger partial charge in [0, 0.05) is 25.3 Å². The van der Waals surface area contributed by atoms with Crippen molar-refractivity contribution in [2.45, 2.75) is 6.42 Å². The topological polar surface area (TPSA) is 79.3 Å². The average molecular weight is 233 g/mol. The molecule has 0 atom stereocenters. The zero-order valence-corrected chi connectivity index (χ0v) is 9.72. The molecule has 2 N–H and O–H groups in total. The standard InChI is InChI=1S/C12H15N3O2/c1-15(7-3-6-13)12(16)9-17-11-5-2-4-10(14)8-11/h2,4-5,8H,3,7,9,14H2,1H3. The Hall–Kier alpha value is -2.22. The molecule has 5 heteroatoms. The number of hydrogen-bond donors (Lipinski definition) is 1. The van der Waals surface area contributed by atoms with Crippen LogP contribution in [0.15, 0.2) is 24.3 Å². The zero-order chi connectivity index (χ0) is 12.7. The molecule has 0 fully saturated rings. The first-order valence-electron chi connectivity index (χ1n) is 5.22. The molecular formula is C12H15N3O2. The van der Waals surface area contributed by atoms with E-state index in [0.29, 0.717) is 24.4 Å². The summed E-state index contributed by atoms with van der Waals surface area (Å²) in [5.41, 5.74) is 6.17. The third kappa shape index (κ3) is 4.43. The number of carbonyl (C=O) groups excluding carboxylic acids is 1. The number of carbonyl (C=O) groups is 1. The fourth-order valence-corrected chi connectivity index (χ4v) is 1.20. The predicted octanol–water partition coefficient (Wildman–Crippen LogP) is 1.02. The van der Waals surface area contributed by atoms with Crippen LogP contribution in [0.3, 0.4) is 0 Å². The van der Waals surface area contributed by atoms with Crippen molar-refractivity contribution in [1.29, 1.82) is 5.26 Å². The zero-order valence-electron chi connectivity index (χ0n) is 9.72. The lowest BCUT2D eigenvalue weighted by atomic mass is 10.3. The molecule has 0 saturated carbocycles. The van der Waals surface area contributed by atoms with Gasteiger partial charge in [-0.3, -0.25) is 4.79 Å². The Kier molecular flexibility index (Phi) is 4.82. The van der Waals surface area contributed by atoms with Crippen LogP contribution in [0.25, 0.3) is 0 Å². The highest BCUT2D eigenvalue weighted by atomic mass is 16.5. The van der Waals surface area contributed by atoms with Gasteiger partial charge in [0.05, 0.1) is 12.5 Å². The number of rotatable bonds is 5. The minimum Gasteiger partial charge on any atom is -0.484 e. The molecule has 0 aromatic heterocycles. The molecule has 0 aliphatic rings. The Morgan fingerprint density at radius 2 is 2.35 bits per heavy atom. The second-order valence-corrected chi connectivity index (χ2v) is 3.58. The summed E-state index contributed by atoms with van der Waals surface area (Å²) in [5, 5.41) is 8.40. The van der Waals surface area contributed by atoms with Crippen molar-refractivity contribution in [2.24, 2.45) is 0 Å². The van der Waals surface area contributed by atoms with Crippen molar-refractivity contribution >= 4 is 11.6 Å². The lowest BCUT2D eigenvalue weighted by Crippen LogP contribution is -2.32. The smallest absolute Gasteiger partial charge is 0.260 e. The first-order chi connectivity index (χ1) is 8.13. The van der Waals surface area contributed by atoms with Gasteiger partial charge in [-0.15, -0.1) is 0 Å². The Morgan fingerprint density at radius 3 is 3.00 bits per heavy atom. The maximum absolute atomic E-state index is 11.6. The number of nitrogens with two attached hydrogens (primary N) is 1. The molecule has 0 unspecified atom stereocenters. The Morgan fingerprint density at radius 1 is 1.59 bits per heavy atom. The fourth-order valence-electron chi connectivity index (χ4n) is 1.20. The minimum absolute atomic E-state index is 0.0502. The number of anilines is 1. The molecule has 5 nitrogen and oxygen atoms in total. The maximum atomic E-state index is 11.6. The molecule has 0 aliphatic carbocycles. The van der Waals surface area contributed by atoms with Crippen molar-refractivity contribution in [2.75, 3.05) is 25.9 Å². The Labute approximate surface area is 100 Å². The number of nitrogens with zero attached hydrogens (tertiary/aromatic N) is 2.